The zero-order valence-electron chi connectivity index (χ0n) is 13.3. The maximum absolute atomic E-state index is 11.6. The zero-order chi connectivity index (χ0) is 16.6. The average molecular weight is 344 g/mol. The van der Waals surface area contributed by atoms with Crippen molar-refractivity contribution in [2.75, 3.05) is 22.1 Å². The minimum atomic E-state index is -2.93. The van der Waals surface area contributed by atoms with E-state index in [0.29, 0.717) is 18.4 Å². The number of hydrogen-bond acceptors (Lipinski definition) is 6. The molecule has 2 aromatic rings. The Bertz CT molecular complexity index is 835. The number of nitrogens with zero attached hydrogens (tertiary/aromatic N) is 2. The van der Waals surface area contributed by atoms with E-state index in [2.05, 4.69) is 20.6 Å². The van der Waals surface area contributed by atoms with Crippen LogP contribution in [0, 0.1) is 0 Å². The fourth-order valence-electron chi connectivity index (χ4n) is 2.87. The van der Waals surface area contributed by atoms with Gasteiger partial charge in [-0.05, 0) is 19.3 Å². The molecule has 1 aromatic carbocycles. The largest absolute Gasteiger partial charge is 0.367 e. The third-order valence-electron chi connectivity index (χ3n) is 4.29. The molecule has 2 N–H and O–H groups in total. The van der Waals surface area contributed by atoms with Crippen LogP contribution < -0.4 is 10.6 Å². The summed E-state index contributed by atoms with van der Waals surface area (Å²) in [7, 11) is -2.93. The molecule has 1 aliphatic heterocycles. The molecule has 4 rings (SSSR count). The summed E-state index contributed by atoms with van der Waals surface area (Å²) in [5.41, 5.74) is 1.85. The number of anilines is 2. The summed E-state index contributed by atoms with van der Waals surface area (Å²) in [6.07, 6.45) is 2.93. The Hall–Kier alpha value is -2.15. The summed E-state index contributed by atoms with van der Waals surface area (Å²) >= 11 is 0. The minimum absolute atomic E-state index is 0.116. The Morgan fingerprint density at radius 3 is 2.42 bits per heavy atom. The van der Waals surface area contributed by atoms with Crippen LogP contribution in [0.3, 0.4) is 0 Å². The van der Waals surface area contributed by atoms with Crippen molar-refractivity contribution in [2.45, 2.75) is 31.3 Å². The van der Waals surface area contributed by atoms with Gasteiger partial charge in [0.2, 0.25) is 5.95 Å². The van der Waals surface area contributed by atoms with Gasteiger partial charge in [-0.15, -0.1) is 0 Å². The lowest BCUT2D eigenvalue weighted by Crippen LogP contribution is -2.22. The highest BCUT2D eigenvalue weighted by molar-refractivity contribution is 7.91. The van der Waals surface area contributed by atoms with Gasteiger partial charge in [-0.2, -0.15) is 4.98 Å². The first-order valence-corrected chi connectivity index (χ1v) is 10.1. The van der Waals surface area contributed by atoms with Crippen LogP contribution in [0.4, 0.5) is 11.8 Å². The van der Waals surface area contributed by atoms with Gasteiger partial charge in [0.15, 0.2) is 9.84 Å². The molecule has 6 nitrogen and oxygen atoms in total. The monoisotopic (exact) mass is 344 g/mol. The van der Waals surface area contributed by atoms with Gasteiger partial charge in [0.05, 0.1) is 17.2 Å². The molecule has 0 amide bonds. The van der Waals surface area contributed by atoms with Crippen LogP contribution in [0.25, 0.3) is 11.3 Å². The van der Waals surface area contributed by atoms with Gasteiger partial charge in [-0.1, -0.05) is 30.3 Å². The van der Waals surface area contributed by atoms with E-state index in [4.69, 9.17) is 0 Å². The fraction of sp³-hybridized carbons (Fsp3) is 0.412. The van der Waals surface area contributed by atoms with Gasteiger partial charge in [0, 0.05) is 23.7 Å². The molecule has 2 aliphatic rings. The molecule has 2 heterocycles. The van der Waals surface area contributed by atoms with Gasteiger partial charge in [0.25, 0.3) is 0 Å². The molecule has 1 saturated carbocycles. The number of hydrogen-bond donors (Lipinski definition) is 2. The Morgan fingerprint density at radius 2 is 1.75 bits per heavy atom. The molecular weight excluding hydrogens is 324 g/mol. The van der Waals surface area contributed by atoms with E-state index < -0.39 is 9.84 Å². The molecule has 7 heteroatoms. The van der Waals surface area contributed by atoms with Crippen molar-refractivity contribution in [1.29, 1.82) is 0 Å². The van der Waals surface area contributed by atoms with Gasteiger partial charge < -0.3 is 10.6 Å². The SMILES string of the molecule is O=S1(=O)CCC(Nc2nc(NC3CC3)cc(-c3ccccc3)n2)C1. The van der Waals surface area contributed by atoms with E-state index in [9.17, 15) is 8.42 Å². The van der Waals surface area contributed by atoms with Crippen molar-refractivity contribution in [2.24, 2.45) is 0 Å². The van der Waals surface area contributed by atoms with E-state index in [1.165, 1.54) is 0 Å². The number of sulfone groups is 1. The van der Waals surface area contributed by atoms with E-state index >= 15 is 0 Å². The van der Waals surface area contributed by atoms with Gasteiger partial charge in [-0.3, -0.25) is 0 Å². The van der Waals surface area contributed by atoms with Crippen molar-refractivity contribution in [3.05, 3.63) is 36.4 Å². The molecule has 1 aliphatic carbocycles. The first kappa shape index (κ1) is 15.4. The van der Waals surface area contributed by atoms with Crippen LogP contribution in [-0.2, 0) is 9.84 Å². The van der Waals surface area contributed by atoms with Gasteiger partial charge in [0.1, 0.15) is 5.82 Å². The summed E-state index contributed by atoms with van der Waals surface area (Å²) in [5.74, 6) is 1.66. The highest BCUT2D eigenvalue weighted by Gasteiger charge is 2.28. The first-order chi connectivity index (χ1) is 11.6. The summed E-state index contributed by atoms with van der Waals surface area (Å²) in [4.78, 5) is 9.11. The lowest BCUT2D eigenvalue weighted by molar-refractivity contribution is 0.602. The minimum Gasteiger partial charge on any atom is -0.367 e. The summed E-state index contributed by atoms with van der Waals surface area (Å²) < 4.78 is 23.3. The Labute approximate surface area is 141 Å². The molecular formula is C17H20N4O2S. The van der Waals surface area contributed by atoms with Crippen LogP contribution in [0.15, 0.2) is 36.4 Å². The second kappa shape index (κ2) is 6.05. The van der Waals surface area contributed by atoms with E-state index in [1.54, 1.807) is 0 Å². The zero-order valence-corrected chi connectivity index (χ0v) is 14.1. The van der Waals surface area contributed by atoms with Crippen LogP contribution >= 0.6 is 0 Å². The molecule has 24 heavy (non-hydrogen) atoms. The van der Waals surface area contributed by atoms with Crippen LogP contribution in [0.1, 0.15) is 19.3 Å². The third kappa shape index (κ3) is 3.67. The Morgan fingerprint density at radius 1 is 0.958 bits per heavy atom. The van der Waals surface area contributed by atoms with Crippen LogP contribution in [0.5, 0.6) is 0 Å². The average Bonchev–Trinajstić information content (AvgIpc) is 3.30. The number of aromatic nitrogens is 2. The lowest BCUT2D eigenvalue weighted by Gasteiger charge is -2.14. The van der Waals surface area contributed by atoms with Gasteiger partial charge >= 0.3 is 0 Å². The maximum Gasteiger partial charge on any atom is 0.225 e. The molecule has 1 unspecified atom stereocenters. The maximum atomic E-state index is 11.6. The molecule has 1 atom stereocenters. The quantitative estimate of drug-likeness (QED) is 0.866. The van der Waals surface area contributed by atoms with Crippen LogP contribution in [0.2, 0.25) is 0 Å². The van der Waals surface area contributed by atoms with E-state index in [0.717, 1.165) is 29.9 Å². The second-order valence-electron chi connectivity index (χ2n) is 6.49. The van der Waals surface area contributed by atoms with E-state index in [1.807, 2.05) is 36.4 Å². The summed E-state index contributed by atoms with van der Waals surface area (Å²) in [5, 5.41) is 6.60. The number of rotatable bonds is 5. The number of benzene rings is 1. The topological polar surface area (TPSA) is 84.0 Å². The smallest absolute Gasteiger partial charge is 0.225 e. The van der Waals surface area contributed by atoms with Crippen molar-refractivity contribution in [3.63, 3.8) is 0 Å². The molecule has 0 bridgehead atoms. The lowest BCUT2D eigenvalue weighted by atomic mass is 10.1. The Kier molecular flexibility index (Phi) is 3.88. The van der Waals surface area contributed by atoms with Gasteiger partial charge in [-0.25, -0.2) is 13.4 Å². The fourth-order valence-corrected chi connectivity index (χ4v) is 4.54. The normalized spacial score (nSPS) is 22.2. The molecule has 1 saturated heterocycles. The van der Waals surface area contributed by atoms with Crippen LogP contribution in [-0.4, -0.2) is 42.0 Å². The molecule has 0 radical (unpaired) electrons. The molecule has 0 spiro atoms. The Balaban J connectivity index is 1.62. The highest BCUT2D eigenvalue weighted by Crippen LogP contribution is 2.27. The van der Waals surface area contributed by atoms with Crippen molar-refractivity contribution in [1.82, 2.24) is 9.97 Å². The van der Waals surface area contributed by atoms with Crippen molar-refractivity contribution in [3.8, 4) is 11.3 Å². The van der Waals surface area contributed by atoms with Crippen molar-refractivity contribution >= 4 is 21.6 Å². The molecule has 126 valence electrons. The first-order valence-electron chi connectivity index (χ1n) is 8.25. The predicted octanol–water partition coefficient (Wildman–Crippen LogP) is 2.32. The second-order valence-corrected chi connectivity index (χ2v) is 8.72. The summed E-state index contributed by atoms with van der Waals surface area (Å²) in [6, 6.07) is 12.3. The molecule has 2 fully saturated rings. The summed E-state index contributed by atoms with van der Waals surface area (Å²) in [6.45, 7) is 0. The third-order valence-corrected chi connectivity index (χ3v) is 6.06. The molecule has 1 aromatic heterocycles. The van der Waals surface area contributed by atoms with E-state index in [-0.39, 0.29) is 17.5 Å². The standard InChI is InChI=1S/C17H20N4O2S/c22-24(23)9-8-14(11-24)19-17-20-15(12-4-2-1-3-5-12)10-16(21-17)18-13-6-7-13/h1-5,10,13-14H,6-9,11H2,(H2,18,19,20,21). The predicted molar refractivity (Wildman–Crippen MR) is 94.8 cm³/mol. The number of nitrogens with one attached hydrogen (secondary N) is 2. The van der Waals surface area contributed by atoms with Crippen molar-refractivity contribution < 1.29 is 8.42 Å². The highest BCUT2D eigenvalue weighted by atomic mass is 32.2.